The summed E-state index contributed by atoms with van der Waals surface area (Å²) in [7, 11) is 0. The summed E-state index contributed by atoms with van der Waals surface area (Å²) in [5.41, 5.74) is 0.545. The van der Waals surface area contributed by atoms with Gasteiger partial charge in [0.05, 0.1) is 25.9 Å². The van der Waals surface area contributed by atoms with Crippen molar-refractivity contribution in [2.24, 2.45) is 11.8 Å². The molecule has 6 heteroatoms. The molecule has 0 radical (unpaired) electrons. The second-order valence-corrected chi connectivity index (χ2v) is 11.5. The summed E-state index contributed by atoms with van der Waals surface area (Å²) < 4.78 is 27.3. The summed E-state index contributed by atoms with van der Waals surface area (Å²) in [5, 5.41) is 12.2. The molecular weight excluding hydrogens is 467 g/mol. The van der Waals surface area contributed by atoms with Gasteiger partial charge in [-0.2, -0.15) is 0 Å². The number of fused-ring (bicyclic) bond motifs is 3. The number of ether oxygens (including phenoxy) is 1. The van der Waals surface area contributed by atoms with Crippen LogP contribution in [0, 0.1) is 17.7 Å². The molecule has 0 spiro atoms. The molecule has 1 saturated carbocycles. The van der Waals surface area contributed by atoms with Crippen molar-refractivity contribution in [3.05, 3.63) is 89.4 Å². The van der Waals surface area contributed by atoms with Crippen LogP contribution in [0.1, 0.15) is 67.7 Å². The first-order valence-corrected chi connectivity index (χ1v) is 14.0. The molecule has 3 saturated heterocycles. The normalized spacial score (nSPS) is 27.7. The maximum absolute atomic E-state index is 13.6. The first-order chi connectivity index (χ1) is 18.0. The number of benzene rings is 2. The van der Waals surface area contributed by atoms with Gasteiger partial charge in [-0.25, -0.2) is 9.37 Å². The molecule has 1 aliphatic carbocycles. The molecule has 2 bridgehead atoms. The molecule has 4 heterocycles. The van der Waals surface area contributed by atoms with Crippen molar-refractivity contribution in [3.8, 4) is 0 Å². The smallest absolute Gasteiger partial charge is 0.231 e. The Balaban J connectivity index is 1.19. The van der Waals surface area contributed by atoms with E-state index in [2.05, 4.69) is 0 Å². The number of aliphatic hydroxyl groups is 1. The third-order valence-electron chi connectivity index (χ3n) is 9.18. The van der Waals surface area contributed by atoms with Crippen LogP contribution in [-0.4, -0.2) is 40.3 Å². The lowest BCUT2D eigenvalue weighted by Crippen LogP contribution is -2.63. The number of piperidine rings is 3. The number of hydrogen-bond donors (Lipinski definition) is 1. The van der Waals surface area contributed by atoms with Crippen LogP contribution in [0.25, 0.3) is 0 Å². The molecule has 4 fully saturated rings. The monoisotopic (exact) mass is 505 g/mol. The van der Waals surface area contributed by atoms with Gasteiger partial charge in [0.25, 0.3) is 0 Å². The van der Waals surface area contributed by atoms with Crippen LogP contribution in [0.4, 0.5) is 4.39 Å². The number of halogens is 1. The van der Waals surface area contributed by atoms with Crippen LogP contribution >= 0.6 is 0 Å². The van der Waals surface area contributed by atoms with Gasteiger partial charge in [0, 0.05) is 24.7 Å². The average Bonchev–Trinajstić information content (AvgIpc) is 3.41. The highest BCUT2D eigenvalue weighted by atomic mass is 19.1. The summed E-state index contributed by atoms with van der Waals surface area (Å²) >= 11 is 0. The molecule has 1 aromatic heterocycles. The molecule has 3 aliphatic heterocycles. The lowest BCUT2D eigenvalue weighted by atomic mass is 9.73. The zero-order valence-corrected chi connectivity index (χ0v) is 21.5. The fraction of sp³-hybridized carbons (Fsp3) is 0.516. The minimum atomic E-state index is -1.20. The lowest BCUT2D eigenvalue weighted by molar-refractivity contribution is -0.959. The van der Waals surface area contributed by atoms with Crippen molar-refractivity contribution in [1.29, 1.82) is 0 Å². The molecule has 5 nitrogen and oxygen atoms in total. The minimum absolute atomic E-state index is 0.105. The Morgan fingerprint density at radius 3 is 2.54 bits per heavy atom. The maximum Gasteiger partial charge on any atom is 0.231 e. The van der Waals surface area contributed by atoms with Crippen LogP contribution in [0.2, 0.25) is 0 Å². The van der Waals surface area contributed by atoms with Crippen molar-refractivity contribution in [1.82, 2.24) is 4.98 Å². The van der Waals surface area contributed by atoms with E-state index in [-0.39, 0.29) is 17.8 Å². The predicted octanol–water partition coefficient (Wildman–Crippen LogP) is 5.96. The van der Waals surface area contributed by atoms with Gasteiger partial charge in [0.15, 0.2) is 11.4 Å². The van der Waals surface area contributed by atoms with E-state index in [1.54, 1.807) is 12.1 Å². The molecule has 1 N–H and O–H groups in total. The molecule has 4 aliphatic rings. The Hall–Kier alpha value is -2.54. The zero-order chi connectivity index (χ0) is 25.3. The van der Waals surface area contributed by atoms with Crippen molar-refractivity contribution >= 4 is 0 Å². The van der Waals surface area contributed by atoms with Gasteiger partial charge < -0.3 is 18.7 Å². The van der Waals surface area contributed by atoms with Crippen molar-refractivity contribution in [2.75, 3.05) is 19.6 Å². The Kier molecular flexibility index (Phi) is 6.91. The third kappa shape index (κ3) is 4.99. The number of nitrogens with zero attached hydrogens (tertiary/aromatic N) is 2. The number of quaternary nitrogens is 1. The molecular formula is C31H38FN2O3+. The highest BCUT2D eigenvalue weighted by molar-refractivity contribution is 5.30. The molecule has 196 valence electrons. The number of aromatic nitrogens is 1. The molecule has 3 aromatic rings. The molecule has 0 amide bonds. The van der Waals surface area contributed by atoms with Crippen LogP contribution < -0.4 is 0 Å². The molecule has 2 aromatic carbocycles. The van der Waals surface area contributed by atoms with E-state index in [4.69, 9.17) is 14.1 Å². The quantitative estimate of drug-likeness (QED) is 0.384. The van der Waals surface area contributed by atoms with Gasteiger partial charge in [0.1, 0.15) is 25.0 Å². The first-order valence-electron chi connectivity index (χ1n) is 14.0. The highest BCUT2D eigenvalue weighted by Crippen LogP contribution is 2.44. The van der Waals surface area contributed by atoms with Crippen LogP contribution in [0.5, 0.6) is 0 Å². The predicted molar refractivity (Wildman–Crippen MR) is 139 cm³/mol. The number of rotatable bonds is 8. The van der Waals surface area contributed by atoms with E-state index in [0.717, 1.165) is 86.1 Å². The fourth-order valence-electron chi connectivity index (χ4n) is 7.10. The highest BCUT2D eigenvalue weighted by Gasteiger charge is 2.48. The first kappa shape index (κ1) is 24.8. The molecule has 2 atom stereocenters. The van der Waals surface area contributed by atoms with E-state index < -0.39 is 5.60 Å². The van der Waals surface area contributed by atoms with Gasteiger partial charge in [-0.15, -0.1) is 0 Å². The number of hydrogen-bond acceptors (Lipinski definition) is 4. The molecule has 7 rings (SSSR count). The van der Waals surface area contributed by atoms with Crippen LogP contribution in [-0.2, 0) is 23.5 Å². The SMILES string of the molecule is O[C@](c1ccccc1)(c1ncc(C[N+]23CCC(CC2)[C@@H](OCc2cccc(F)c2)C3)o1)C1CCCCC1. The lowest BCUT2D eigenvalue weighted by Gasteiger charge is -2.52. The second-order valence-electron chi connectivity index (χ2n) is 11.5. The van der Waals surface area contributed by atoms with Crippen LogP contribution in [0.3, 0.4) is 0 Å². The fourth-order valence-corrected chi connectivity index (χ4v) is 7.10. The van der Waals surface area contributed by atoms with E-state index in [1.165, 1.54) is 12.5 Å². The number of oxazole rings is 1. The third-order valence-corrected chi connectivity index (χ3v) is 9.18. The summed E-state index contributed by atoms with van der Waals surface area (Å²) in [5.74, 6) is 1.72. The van der Waals surface area contributed by atoms with Crippen molar-refractivity contribution in [3.63, 3.8) is 0 Å². The Morgan fingerprint density at radius 1 is 1.00 bits per heavy atom. The van der Waals surface area contributed by atoms with Crippen molar-refractivity contribution < 1.29 is 23.1 Å². The van der Waals surface area contributed by atoms with Crippen molar-refractivity contribution in [2.45, 2.75) is 69.8 Å². The largest absolute Gasteiger partial charge is 0.436 e. The maximum atomic E-state index is 13.6. The summed E-state index contributed by atoms with van der Waals surface area (Å²) in [6.45, 7) is 4.34. The Bertz CT molecular complexity index is 1180. The van der Waals surface area contributed by atoms with Gasteiger partial charge in [-0.1, -0.05) is 61.7 Å². The molecule has 37 heavy (non-hydrogen) atoms. The zero-order valence-electron chi connectivity index (χ0n) is 21.5. The van der Waals surface area contributed by atoms with E-state index >= 15 is 0 Å². The Labute approximate surface area is 218 Å². The topological polar surface area (TPSA) is 55.5 Å². The van der Waals surface area contributed by atoms with E-state index in [0.29, 0.717) is 18.4 Å². The standard InChI is InChI=1S/C31H38FN2O3/c32-27-13-7-8-23(18-27)22-36-29-21-34(16-14-24(29)15-17-34)20-28-19-33-30(37-28)31(35,25-9-3-1-4-10-25)26-11-5-2-6-12-26/h1,3-4,7-10,13,18-19,24,26,29,35H,2,5-6,11-12,14-17,20-22H2/q+1/t24?,29-,31-,34?/m0/s1. The summed E-state index contributed by atoms with van der Waals surface area (Å²) in [6.07, 6.45) is 9.71. The van der Waals surface area contributed by atoms with Gasteiger partial charge in [-0.05, 0) is 36.1 Å². The average molecular weight is 506 g/mol. The summed E-state index contributed by atoms with van der Waals surface area (Å²) in [4.78, 5) is 4.69. The second kappa shape index (κ2) is 10.3. The van der Waals surface area contributed by atoms with Gasteiger partial charge >= 0.3 is 0 Å². The van der Waals surface area contributed by atoms with Crippen LogP contribution in [0.15, 0.2) is 65.2 Å². The summed E-state index contributed by atoms with van der Waals surface area (Å²) in [6, 6.07) is 16.6. The minimum Gasteiger partial charge on any atom is -0.436 e. The van der Waals surface area contributed by atoms with E-state index in [1.807, 2.05) is 42.6 Å². The van der Waals surface area contributed by atoms with E-state index in [9.17, 15) is 9.50 Å². The van der Waals surface area contributed by atoms with Gasteiger partial charge in [-0.3, -0.25) is 0 Å². The Morgan fingerprint density at radius 2 is 1.78 bits per heavy atom. The van der Waals surface area contributed by atoms with Gasteiger partial charge in [0.2, 0.25) is 5.89 Å². The molecule has 0 unspecified atom stereocenters.